The first kappa shape index (κ1) is 17.8. The van der Waals surface area contributed by atoms with Gasteiger partial charge in [0, 0.05) is 6.54 Å². The van der Waals surface area contributed by atoms with Crippen LogP contribution in [0.4, 0.5) is 5.95 Å². The first-order chi connectivity index (χ1) is 13.1. The summed E-state index contributed by atoms with van der Waals surface area (Å²) in [5, 5.41) is 32.7. The lowest BCUT2D eigenvalue weighted by atomic mass is 10.1. The van der Waals surface area contributed by atoms with E-state index in [-0.39, 0.29) is 6.61 Å². The molecule has 0 unspecified atom stereocenters. The van der Waals surface area contributed by atoms with E-state index >= 15 is 0 Å². The summed E-state index contributed by atoms with van der Waals surface area (Å²) >= 11 is 0. The standard InChI is InChI=1S/C18H21N5O4/c1-10-4-2-3-5-11(10)6-19-18-20-7-12-16(22-18)23(9-21-12)17-15(26)14(25)13(8-24)27-17/h2-5,7,9,13-15,17,24-26H,6,8H2,1H3,(H,19,20,22)/t13-,14-,15+,17-/m1/s1. The monoisotopic (exact) mass is 371 g/mol. The van der Waals surface area contributed by atoms with Gasteiger partial charge in [0.2, 0.25) is 5.95 Å². The van der Waals surface area contributed by atoms with Crippen LogP contribution in [0, 0.1) is 6.92 Å². The summed E-state index contributed by atoms with van der Waals surface area (Å²) in [4.78, 5) is 13.0. The molecule has 27 heavy (non-hydrogen) atoms. The highest BCUT2D eigenvalue weighted by Crippen LogP contribution is 2.31. The van der Waals surface area contributed by atoms with Gasteiger partial charge >= 0.3 is 0 Å². The fraction of sp³-hybridized carbons (Fsp3) is 0.389. The highest BCUT2D eigenvalue weighted by molar-refractivity contribution is 5.71. The number of aliphatic hydroxyl groups excluding tert-OH is 3. The third-order valence-corrected chi connectivity index (χ3v) is 4.81. The Kier molecular flexibility index (Phi) is 4.75. The van der Waals surface area contributed by atoms with E-state index < -0.39 is 24.5 Å². The second-order valence-corrected chi connectivity index (χ2v) is 6.56. The van der Waals surface area contributed by atoms with Gasteiger partial charge in [-0.3, -0.25) is 4.57 Å². The Bertz CT molecular complexity index is 946. The molecule has 0 amide bonds. The highest BCUT2D eigenvalue weighted by Gasteiger charge is 2.43. The van der Waals surface area contributed by atoms with Gasteiger partial charge in [-0.05, 0) is 18.1 Å². The van der Waals surface area contributed by atoms with Crippen molar-refractivity contribution in [3.8, 4) is 0 Å². The van der Waals surface area contributed by atoms with Crippen LogP contribution in [0.1, 0.15) is 17.4 Å². The molecular formula is C18H21N5O4. The van der Waals surface area contributed by atoms with Crippen molar-refractivity contribution in [2.24, 2.45) is 0 Å². The average molecular weight is 371 g/mol. The molecular weight excluding hydrogens is 350 g/mol. The van der Waals surface area contributed by atoms with Crippen molar-refractivity contribution in [1.82, 2.24) is 19.5 Å². The molecule has 2 aromatic heterocycles. The van der Waals surface area contributed by atoms with Crippen molar-refractivity contribution in [3.63, 3.8) is 0 Å². The molecule has 3 heterocycles. The maximum Gasteiger partial charge on any atom is 0.225 e. The molecule has 9 nitrogen and oxygen atoms in total. The number of nitrogens with zero attached hydrogens (tertiary/aromatic N) is 4. The van der Waals surface area contributed by atoms with E-state index in [1.165, 1.54) is 11.9 Å². The van der Waals surface area contributed by atoms with Crippen molar-refractivity contribution < 1.29 is 20.1 Å². The van der Waals surface area contributed by atoms with Crippen molar-refractivity contribution in [2.75, 3.05) is 11.9 Å². The first-order valence-electron chi connectivity index (χ1n) is 8.69. The summed E-state index contributed by atoms with van der Waals surface area (Å²) in [5.41, 5.74) is 3.31. The Labute approximate surface area is 155 Å². The van der Waals surface area contributed by atoms with Gasteiger partial charge in [-0.15, -0.1) is 0 Å². The van der Waals surface area contributed by atoms with Gasteiger partial charge in [-0.1, -0.05) is 24.3 Å². The second-order valence-electron chi connectivity index (χ2n) is 6.56. The maximum atomic E-state index is 10.2. The third-order valence-electron chi connectivity index (χ3n) is 4.81. The van der Waals surface area contributed by atoms with Crippen LogP contribution in [0.5, 0.6) is 0 Å². The van der Waals surface area contributed by atoms with Crippen molar-refractivity contribution in [2.45, 2.75) is 38.0 Å². The Balaban J connectivity index is 1.59. The number of anilines is 1. The Hall–Kier alpha value is -2.59. The van der Waals surface area contributed by atoms with Gasteiger partial charge in [0.1, 0.15) is 23.8 Å². The summed E-state index contributed by atoms with van der Waals surface area (Å²) < 4.78 is 7.11. The number of benzene rings is 1. The quantitative estimate of drug-likeness (QED) is 0.507. The normalized spacial score (nSPS) is 25.2. The number of aryl methyl sites for hydroxylation is 1. The lowest BCUT2D eigenvalue weighted by Crippen LogP contribution is -2.33. The maximum absolute atomic E-state index is 10.2. The number of ether oxygens (including phenoxy) is 1. The van der Waals surface area contributed by atoms with E-state index in [0.717, 1.165) is 5.56 Å². The number of aromatic nitrogens is 4. The summed E-state index contributed by atoms with van der Waals surface area (Å²) in [7, 11) is 0. The number of hydrogen-bond donors (Lipinski definition) is 4. The van der Waals surface area contributed by atoms with Gasteiger partial charge in [0.15, 0.2) is 11.9 Å². The van der Waals surface area contributed by atoms with Crippen LogP contribution in [0.25, 0.3) is 11.2 Å². The minimum absolute atomic E-state index is 0.389. The lowest BCUT2D eigenvalue weighted by Gasteiger charge is -2.16. The van der Waals surface area contributed by atoms with Crippen molar-refractivity contribution >= 4 is 17.1 Å². The molecule has 9 heteroatoms. The molecule has 1 fully saturated rings. The molecule has 4 N–H and O–H groups in total. The molecule has 4 atom stereocenters. The molecule has 0 saturated carbocycles. The van der Waals surface area contributed by atoms with Crippen LogP contribution in [0.3, 0.4) is 0 Å². The van der Waals surface area contributed by atoms with Crippen LogP contribution in [0.15, 0.2) is 36.8 Å². The molecule has 4 rings (SSSR count). The van der Waals surface area contributed by atoms with Gasteiger partial charge in [-0.25, -0.2) is 9.97 Å². The lowest BCUT2D eigenvalue weighted by molar-refractivity contribution is -0.0511. The summed E-state index contributed by atoms with van der Waals surface area (Å²) in [6.07, 6.45) is -1.06. The molecule has 0 bridgehead atoms. The van der Waals surface area contributed by atoms with Crippen LogP contribution < -0.4 is 5.32 Å². The van der Waals surface area contributed by atoms with E-state index in [1.54, 1.807) is 10.8 Å². The van der Waals surface area contributed by atoms with E-state index in [4.69, 9.17) is 4.74 Å². The average Bonchev–Trinajstić information content (AvgIpc) is 3.22. The fourth-order valence-corrected chi connectivity index (χ4v) is 3.19. The van der Waals surface area contributed by atoms with E-state index in [1.807, 2.05) is 31.2 Å². The predicted octanol–water partition coefficient (Wildman–Crippen LogP) is 0.358. The fourth-order valence-electron chi connectivity index (χ4n) is 3.19. The van der Waals surface area contributed by atoms with Crippen LogP contribution in [-0.4, -0.2) is 59.8 Å². The molecule has 3 aromatic rings. The topological polar surface area (TPSA) is 126 Å². The molecule has 0 aliphatic carbocycles. The van der Waals surface area contributed by atoms with Gasteiger partial charge in [0.05, 0.1) is 19.1 Å². The molecule has 1 aliphatic rings. The Morgan fingerprint density at radius 1 is 1.19 bits per heavy atom. The third kappa shape index (κ3) is 3.26. The summed E-state index contributed by atoms with van der Waals surface area (Å²) in [6, 6.07) is 8.04. The van der Waals surface area contributed by atoms with E-state index in [9.17, 15) is 15.3 Å². The number of hydrogen-bond acceptors (Lipinski definition) is 8. The zero-order valence-corrected chi connectivity index (χ0v) is 14.7. The number of imidazole rings is 1. The minimum Gasteiger partial charge on any atom is -0.394 e. The molecule has 1 aliphatic heterocycles. The first-order valence-corrected chi connectivity index (χ1v) is 8.69. The predicted molar refractivity (Wildman–Crippen MR) is 96.8 cm³/mol. The van der Waals surface area contributed by atoms with E-state index in [2.05, 4.69) is 20.3 Å². The van der Waals surface area contributed by atoms with Crippen molar-refractivity contribution in [1.29, 1.82) is 0 Å². The minimum atomic E-state index is -1.20. The van der Waals surface area contributed by atoms with Gasteiger partial charge in [0.25, 0.3) is 0 Å². The summed E-state index contributed by atoms with van der Waals surface area (Å²) in [6.45, 7) is 2.22. The molecule has 0 spiro atoms. The number of fused-ring (bicyclic) bond motifs is 1. The molecule has 1 aromatic carbocycles. The van der Waals surface area contributed by atoms with Gasteiger partial charge < -0.3 is 25.4 Å². The largest absolute Gasteiger partial charge is 0.394 e. The number of nitrogens with one attached hydrogen (secondary N) is 1. The SMILES string of the molecule is Cc1ccccc1CNc1ncc2ncn([C@@H]3O[C@H](CO)[C@@H](O)[C@@H]3O)c2n1. The summed E-state index contributed by atoms with van der Waals surface area (Å²) in [5.74, 6) is 0.416. The number of rotatable bonds is 5. The zero-order chi connectivity index (χ0) is 19.0. The molecule has 0 radical (unpaired) electrons. The smallest absolute Gasteiger partial charge is 0.225 e. The van der Waals surface area contributed by atoms with Crippen LogP contribution >= 0.6 is 0 Å². The van der Waals surface area contributed by atoms with Crippen LogP contribution in [-0.2, 0) is 11.3 Å². The highest BCUT2D eigenvalue weighted by atomic mass is 16.6. The Morgan fingerprint density at radius 2 is 2.00 bits per heavy atom. The van der Waals surface area contributed by atoms with Crippen LogP contribution in [0.2, 0.25) is 0 Å². The number of aliphatic hydroxyl groups is 3. The zero-order valence-electron chi connectivity index (χ0n) is 14.7. The van der Waals surface area contributed by atoms with E-state index in [0.29, 0.717) is 23.7 Å². The van der Waals surface area contributed by atoms with Gasteiger partial charge in [-0.2, -0.15) is 4.98 Å². The second kappa shape index (κ2) is 7.20. The Morgan fingerprint density at radius 3 is 2.74 bits per heavy atom. The molecule has 1 saturated heterocycles. The molecule has 142 valence electrons. The van der Waals surface area contributed by atoms with Crippen molar-refractivity contribution in [3.05, 3.63) is 47.9 Å².